The fraction of sp³-hybridized carbons (Fsp3) is 0.214. The van der Waals surface area contributed by atoms with Crippen LogP contribution in [0.15, 0.2) is 35.7 Å². The highest BCUT2D eigenvalue weighted by atomic mass is 35.5. The molecule has 0 bridgehead atoms. The number of nitro groups is 1. The van der Waals surface area contributed by atoms with E-state index in [0.717, 1.165) is 11.5 Å². The molecule has 1 aromatic heterocycles. The van der Waals surface area contributed by atoms with E-state index < -0.39 is 4.92 Å². The van der Waals surface area contributed by atoms with Crippen molar-refractivity contribution >= 4 is 46.3 Å². The number of halogens is 1. The van der Waals surface area contributed by atoms with Crippen LogP contribution in [0.2, 0.25) is 5.02 Å². The molecule has 0 radical (unpaired) electrons. The van der Waals surface area contributed by atoms with E-state index in [1.165, 1.54) is 23.1 Å². The average Bonchev–Trinajstić information content (AvgIpc) is 2.99. The molecule has 0 saturated carbocycles. The van der Waals surface area contributed by atoms with Gasteiger partial charge >= 0.3 is 0 Å². The van der Waals surface area contributed by atoms with Gasteiger partial charge in [-0.1, -0.05) is 17.7 Å². The maximum Gasteiger partial charge on any atom is 0.270 e. The van der Waals surface area contributed by atoms with Crippen LogP contribution in [-0.4, -0.2) is 23.1 Å². The van der Waals surface area contributed by atoms with Gasteiger partial charge in [0.1, 0.15) is 0 Å². The molecule has 0 atom stereocenters. The lowest BCUT2D eigenvalue weighted by Gasteiger charge is -2.06. The number of nitrogens with zero attached hydrogens (tertiary/aromatic N) is 1. The molecule has 2 aromatic rings. The van der Waals surface area contributed by atoms with Crippen LogP contribution < -0.4 is 5.32 Å². The second kappa shape index (κ2) is 8.17. The first-order valence-corrected chi connectivity index (χ1v) is 8.81. The minimum Gasteiger partial charge on any atom is -0.351 e. The summed E-state index contributed by atoms with van der Waals surface area (Å²) < 4.78 is 0. The minimum absolute atomic E-state index is 0.0814. The summed E-state index contributed by atoms with van der Waals surface area (Å²) in [4.78, 5) is 23.3. The molecule has 2 rings (SSSR count). The summed E-state index contributed by atoms with van der Waals surface area (Å²) in [6, 6.07) is 7.91. The summed E-state index contributed by atoms with van der Waals surface area (Å²) in [5, 5.41) is 15.5. The van der Waals surface area contributed by atoms with Crippen LogP contribution in [0.1, 0.15) is 15.2 Å². The summed E-state index contributed by atoms with van der Waals surface area (Å²) in [7, 11) is 0. The van der Waals surface area contributed by atoms with E-state index in [1.54, 1.807) is 23.1 Å². The maximum atomic E-state index is 12.0. The number of nitro benzene ring substituents is 1. The Morgan fingerprint density at radius 1 is 1.41 bits per heavy atom. The van der Waals surface area contributed by atoms with Crippen LogP contribution in [0, 0.1) is 10.1 Å². The lowest BCUT2D eigenvalue weighted by Crippen LogP contribution is -2.26. The number of hydrogen-bond donors (Lipinski definition) is 1. The Bertz CT molecular complexity index is 662. The Morgan fingerprint density at radius 3 is 2.86 bits per heavy atom. The molecule has 1 heterocycles. The predicted molar refractivity (Wildman–Crippen MR) is 90.9 cm³/mol. The Hall–Kier alpha value is -1.57. The molecule has 1 aromatic carbocycles. The quantitative estimate of drug-likeness (QED) is 0.463. The van der Waals surface area contributed by atoms with Crippen molar-refractivity contribution in [1.29, 1.82) is 0 Å². The van der Waals surface area contributed by atoms with Gasteiger partial charge in [0.15, 0.2) is 0 Å². The van der Waals surface area contributed by atoms with E-state index >= 15 is 0 Å². The van der Waals surface area contributed by atoms with Crippen LogP contribution in [0.3, 0.4) is 0 Å². The van der Waals surface area contributed by atoms with Crippen LogP contribution in [0.25, 0.3) is 0 Å². The van der Waals surface area contributed by atoms with Gasteiger partial charge < -0.3 is 5.32 Å². The summed E-state index contributed by atoms with van der Waals surface area (Å²) >= 11 is 9.35. The highest BCUT2D eigenvalue weighted by molar-refractivity contribution is 7.98. The summed E-state index contributed by atoms with van der Waals surface area (Å²) in [5.74, 6) is 1.39. The molecule has 0 spiro atoms. The highest BCUT2D eigenvalue weighted by Crippen LogP contribution is 2.22. The van der Waals surface area contributed by atoms with E-state index in [2.05, 4.69) is 11.4 Å². The molecule has 1 amide bonds. The number of non-ortho nitro benzene ring substituents is 1. The Labute approximate surface area is 140 Å². The van der Waals surface area contributed by atoms with Crippen molar-refractivity contribution in [3.63, 3.8) is 0 Å². The molecule has 0 aliphatic rings. The molecular formula is C14H13ClN2O3S2. The fourth-order valence-electron chi connectivity index (χ4n) is 1.70. The second-order valence-electron chi connectivity index (χ2n) is 4.31. The highest BCUT2D eigenvalue weighted by Gasteiger charge is 2.14. The molecule has 0 aliphatic carbocycles. The van der Waals surface area contributed by atoms with Gasteiger partial charge in [-0.15, -0.1) is 11.3 Å². The van der Waals surface area contributed by atoms with Crippen molar-refractivity contribution in [2.45, 2.75) is 5.75 Å². The second-order valence-corrected chi connectivity index (χ2v) is 6.85. The fourth-order valence-corrected chi connectivity index (χ4v) is 3.66. The largest absolute Gasteiger partial charge is 0.351 e. The molecule has 0 unspecified atom stereocenters. The van der Waals surface area contributed by atoms with Crippen LogP contribution in [-0.2, 0) is 5.75 Å². The standard InChI is InChI=1S/C14H13ClN2O3S2/c15-13-8-10(17(19)20)3-4-12(13)14(18)16-5-7-21-9-11-2-1-6-22-11/h1-4,6,8H,5,7,9H2,(H,16,18). The number of carbonyl (C=O) groups excluding carboxylic acids is 1. The Balaban J connectivity index is 1.78. The van der Waals surface area contributed by atoms with Crippen molar-refractivity contribution in [3.05, 3.63) is 61.3 Å². The SMILES string of the molecule is O=C(NCCSCc1cccs1)c1ccc([N+](=O)[O-])cc1Cl. The topological polar surface area (TPSA) is 72.2 Å². The number of benzene rings is 1. The van der Waals surface area contributed by atoms with E-state index in [-0.39, 0.29) is 22.2 Å². The predicted octanol–water partition coefficient (Wildman–Crippen LogP) is 3.97. The van der Waals surface area contributed by atoms with Crippen molar-refractivity contribution in [2.75, 3.05) is 12.3 Å². The lowest BCUT2D eigenvalue weighted by molar-refractivity contribution is -0.384. The first-order chi connectivity index (χ1) is 10.6. The average molecular weight is 357 g/mol. The third-order valence-electron chi connectivity index (χ3n) is 2.76. The van der Waals surface area contributed by atoms with Gasteiger partial charge in [0.05, 0.1) is 15.5 Å². The third-order valence-corrected chi connectivity index (χ3v) is 5.14. The molecule has 116 valence electrons. The van der Waals surface area contributed by atoms with Crippen LogP contribution in [0.5, 0.6) is 0 Å². The Kier molecular flexibility index (Phi) is 6.23. The number of carbonyl (C=O) groups is 1. The molecule has 5 nitrogen and oxygen atoms in total. The van der Waals surface area contributed by atoms with Gasteiger partial charge in [0.25, 0.3) is 11.6 Å². The van der Waals surface area contributed by atoms with Gasteiger partial charge in [0, 0.05) is 35.1 Å². The zero-order valence-corrected chi connectivity index (χ0v) is 13.8. The third kappa shape index (κ3) is 4.72. The van der Waals surface area contributed by atoms with Gasteiger partial charge in [0.2, 0.25) is 0 Å². The maximum absolute atomic E-state index is 12.0. The number of thiophene rings is 1. The van der Waals surface area contributed by atoms with Crippen molar-refractivity contribution in [1.82, 2.24) is 5.32 Å². The molecule has 0 fully saturated rings. The molecule has 1 N–H and O–H groups in total. The van der Waals surface area contributed by atoms with E-state index in [1.807, 2.05) is 11.4 Å². The van der Waals surface area contributed by atoms with E-state index in [9.17, 15) is 14.9 Å². The van der Waals surface area contributed by atoms with Crippen molar-refractivity contribution in [3.8, 4) is 0 Å². The monoisotopic (exact) mass is 356 g/mol. The first kappa shape index (κ1) is 16.8. The minimum atomic E-state index is -0.547. The molecule has 0 saturated heterocycles. The number of thioether (sulfide) groups is 1. The van der Waals surface area contributed by atoms with E-state index in [0.29, 0.717) is 6.54 Å². The summed E-state index contributed by atoms with van der Waals surface area (Å²) in [6.45, 7) is 0.516. The molecule has 0 aliphatic heterocycles. The Morgan fingerprint density at radius 2 is 2.23 bits per heavy atom. The number of hydrogen-bond acceptors (Lipinski definition) is 5. The van der Waals surface area contributed by atoms with Gasteiger partial charge in [-0.05, 0) is 17.5 Å². The molecule has 22 heavy (non-hydrogen) atoms. The number of amides is 1. The normalized spacial score (nSPS) is 10.4. The van der Waals surface area contributed by atoms with Crippen LogP contribution >= 0.6 is 34.7 Å². The lowest BCUT2D eigenvalue weighted by atomic mass is 10.2. The van der Waals surface area contributed by atoms with Gasteiger partial charge in [-0.2, -0.15) is 11.8 Å². The zero-order valence-electron chi connectivity index (χ0n) is 11.5. The summed E-state index contributed by atoms with van der Waals surface area (Å²) in [5.41, 5.74) is 0.114. The zero-order chi connectivity index (χ0) is 15.9. The molecule has 8 heteroatoms. The number of rotatable bonds is 7. The number of nitrogens with one attached hydrogen (secondary N) is 1. The van der Waals surface area contributed by atoms with Crippen LogP contribution in [0.4, 0.5) is 5.69 Å². The van der Waals surface area contributed by atoms with Crippen molar-refractivity contribution in [2.24, 2.45) is 0 Å². The van der Waals surface area contributed by atoms with Gasteiger partial charge in [-0.3, -0.25) is 14.9 Å². The summed E-state index contributed by atoms with van der Waals surface area (Å²) in [6.07, 6.45) is 0. The van der Waals surface area contributed by atoms with E-state index in [4.69, 9.17) is 11.6 Å². The molecular weight excluding hydrogens is 344 g/mol. The van der Waals surface area contributed by atoms with Crippen molar-refractivity contribution < 1.29 is 9.72 Å². The first-order valence-electron chi connectivity index (χ1n) is 6.40. The smallest absolute Gasteiger partial charge is 0.270 e. The van der Waals surface area contributed by atoms with Gasteiger partial charge in [-0.25, -0.2) is 0 Å².